The highest BCUT2D eigenvalue weighted by atomic mass is 35.5. The van der Waals surface area contributed by atoms with Gasteiger partial charge in [0.2, 0.25) is 11.8 Å². The number of halogens is 1. The molecule has 3 rings (SSSR count). The summed E-state index contributed by atoms with van der Waals surface area (Å²) in [6.07, 6.45) is 3.82. The molecule has 2 atom stereocenters. The van der Waals surface area contributed by atoms with Crippen LogP contribution in [-0.2, 0) is 16.0 Å². The first kappa shape index (κ1) is 19.7. The smallest absolute Gasteiger partial charge is 0.224 e. The average Bonchev–Trinajstić information content (AvgIpc) is 2.99. The van der Waals surface area contributed by atoms with Crippen molar-refractivity contribution < 1.29 is 9.59 Å². The molecule has 5 nitrogen and oxygen atoms in total. The van der Waals surface area contributed by atoms with E-state index < -0.39 is 0 Å². The molecule has 6 heteroatoms. The molecule has 138 valence electrons. The maximum Gasteiger partial charge on any atom is 0.224 e. The van der Waals surface area contributed by atoms with Crippen LogP contribution in [0.4, 0.5) is 11.4 Å². The molecule has 2 heterocycles. The van der Waals surface area contributed by atoms with Gasteiger partial charge in [-0.1, -0.05) is 6.92 Å². The lowest BCUT2D eigenvalue weighted by atomic mass is 9.85. The number of piperidine rings is 1. The summed E-state index contributed by atoms with van der Waals surface area (Å²) in [6.45, 7) is 6.61. The zero-order valence-corrected chi connectivity index (χ0v) is 15.8. The molecule has 2 aliphatic heterocycles. The van der Waals surface area contributed by atoms with Crippen LogP contribution in [0, 0.1) is 11.8 Å². The Balaban J connectivity index is 0.00000225. The van der Waals surface area contributed by atoms with Crippen molar-refractivity contribution >= 4 is 35.6 Å². The van der Waals surface area contributed by atoms with Gasteiger partial charge in [-0.2, -0.15) is 0 Å². The molecule has 2 amide bonds. The van der Waals surface area contributed by atoms with Gasteiger partial charge >= 0.3 is 0 Å². The Morgan fingerprint density at radius 1 is 1.40 bits per heavy atom. The van der Waals surface area contributed by atoms with Gasteiger partial charge in [0.05, 0.1) is 0 Å². The molecule has 2 aliphatic rings. The molecule has 0 aromatic heterocycles. The van der Waals surface area contributed by atoms with Crippen molar-refractivity contribution in [2.24, 2.45) is 11.8 Å². The van der Waals surface area contributed by atoms with Crippen molar-refractivity contribution in [2.75, 3.05) is 29.9 Å². The fourth-order valence-electron chi connectivity index (χ4n) is 3.84. The number of benzene rings is 1. The third-order valence-electron chi connectivity index (χ3n) is 5.29. The van der Waals surface area contributed by atoms with Gasteiger partial charge in [-0.05, 0) is 68.0 Å². The summed E-state index contributed by atoms with van der Waals surface area (Å²) in [4.78, 5) is 25.7. The van der Waals surface area contributed by atoms with E-state index in [4.69, 9.17) is 0 Å². The summed E-state index contributed by atoms with van der Waals surface area (Å²) in [7, 11) is 0. The predicted octanol–water partition coefficient (Wildman–Crippen LogP) is 2.98. The van der Waals surface area contributed by atoms with Crippen LogP contribution in [0.25, 0.3) is 0 Å². The molecular weight excluding hydrogens is 338 g/mol. The van der Waals surface area contributed by atoms with E-state index in [1.165, 1.54) is 12.8 Å². The number of carbonyl (C=O) groups is 2. The van der Waals surface area contributed by atoms with Gasteiger partial charge in [0.25, 0.3) is 0 Å². The molecule has 0 bridgehead atoms. The second kappa shape index (κ2) is 8.68. The van der Waals surface area contributed by atoms with E-state index in [0.29, 0.717) is 18.3 Å². The molecular formula is C19H28ClN3O2. The lowest BCUT2D eigenvalue weighted by molar-refractivity contribution is -0.117. The van der Waals surface area contributed by atoms with Gasteiger partial charge < -0.3 is 15.5 Å². The monoisotopic (exact) mass is 365 g/mol. The van der Waals surface area contributed by atoms with Gasteiger partial charge in [0, 0.05) is 31.3 Å². The fourth-order valence-corrected chi connectivity index (χ4v) is 3.84. The minimum absolute atomic E-state index is 0. The third kappa shape index (κ3) is 4.73. The second-order valence-electron chi connectivity index (χ2n) is 7.10. The van der Waals surface area contributed by atoms with E-state index in [-0.39, 0.29) is 24.2 Å². The highest BCUT2D eigenvalue weighted by Gasteiger charge is 2.24. The number of hydrogen-bond donors (Lipinski definition) is 2. The summed E-state index contributed by atoms with van der Waals surface area (Å²) < 4.78 is 0. The summed E-state index contributed by atoms with van der Waals surface area (Å²) in [5.74, 6) is 1.13. The van der Waals surface area contributed by atoms with Crippen molar-refractivity contribution in [2.45, 2.75) is 39.5 Å². The Hall–Kier alpha value is -1.59. The average molecular weight is 366 g/mol. The molecule has 1 aromatic carbocycles. The van der Waals surface area contributed by atoms with E-state index in [2.05, 4.69) is 17.6 Å². The first-order chi connectivity index (χ1) is 11.5. The lowest BCUT2D eigenvalue weighted by Gasteiger charge is -2.28. The van der Waals surface area contributed by atoms with Crippen LogP contribution < -0.4 is 15.5 Å². The SMILES string of the molecule is CC(=O)N1CCc2cc(NC(=O)CC(C)C3CCCNC3)ccc21.Cl. The maximum atomic E-state index is 12.3. The minimum Gasteiger partial charge on any atom is -0.326 e. The molecule has 2 unspecified atom stereocenters. The van der Waals surface area contributed by atoms with E-state index in [0.717, 1.165) is 43.0 Å². The second-order valence-corrected chi connectivity index (χ2v) is 7.10. The van der Waals surface area contributed by atoms with Crippen molar-refractivity contribution in [1.82, 2.24) is 5.32 Å². The Bertz CT molecular complexity index is 629. The highest BCUT2D eigenvalue weighted by molar-refractivity contribution is 5.95. The summed E-state index contributed by atoms with van der Waals surface area (Å²) in [5.41, 5.74) is 2.94. The Labute approximate surface area is 155 Å². The van der Waals surface area contributed by atoms with Gasteiger partial charge in [-0.15, -0.1) is 12.4 Å². The van der Waals surface area contributed by atoms with Crippen LogP contribution in [0.15, 0.2) is 18.2 Å². The summed E-state index contributed by atoms with van der Waals surface area (Å²) >= 11 is 0. The summed E-state index contributed by atoms with van der Waals surface area (Å²) in [5, 5.41) is 6.44. The Morgan fingerprint density at radius 2 is 2.20 bits per heavy atom. The zero-order chi connectivity index (χ0) is 17.1. The van der Waals surface area contributed by atoms with Crippen LogP contribution in [0.5, 0.6) is 0 Å². The Kier molecular flexibility index (Phi) is 6.85. The maximum absolute atomic E-state index is 12.3. The molecule has 1 saturated heterocycles. The van der Waals surface area contributed by atoms with Crippen LogP contribution >= 0.6 is 12.4 Å². The molecule has 1 aromatic rings. The number of rotatable bonds is 4. The molecule has 0 radical (unpaired) electrons. The summed E-state index contributed by atoms with van der Waals surface area (Å²) in [6, 6.07) is 5.83. The Morgan fingerprint density at radius 3 is 2.88 bits per heavy atom. The zero-order valence-electron chi connectivity index (χ0n) is 15.0. The molecule has 1 fully saturated rings. The molecule has 25 heavy (non-hydrogen) atoms. The molecule has 0 spiro atoms. The standard InChI is InChI=1S/C19H27N3O2.ClH/c1-13(16-4-3-8-20-12-16)10-19(24)21-17-5-6-18-15(11-17)7-9-22(18)14(2)23;/h5-6,11,13,16,20H,3-4,7-10,12H2,1-2H3,(H,21,24);1H. The first-order valence-electron chi connectivity index (χ1n) is 8.96. The number of amides is 2. The van der Waals surface area contributed by atoms with Crippen molar-refractivity contribution in [3.8, 4) is 0 Å². The minimum atomic E-state index is 0. The first-order valence-corrected chi connectivity index (χ1v) is 8.96. The van der Waals surface area contributed by atoms with Gasteiger partial charge in [-0.25, -0.2) is 0 Å². The largest absolute Gasteiger partial charge is 0.326 e. The molecule has 2 N–H and O–H groups in total. The number of fused-ring (bicyclic) bond motifs is 1. The van der Waals surface area contributed by atoms with Crippen molar-refractivity contribution in [3.05, 3.63) is 23.8 Å². The van der Waals surface area contributed by atoms with Crippen LogP contribution in [0.1, 0.15) is 38.7 Å². The van der Waals surface area contributed by atoms with E-state index in [9.17, 15) is 9.59 Å². The van der Waals surface area contributed by atoms with Gasteiger partial charge in [0.1, 0.15) is 0 Å². The van der Waals surface area contributed by atoms with E-state index >= 15 is 0 Å². The molecule has 0 saturated carbocycles. The molecule has 0 aliphatic carbocycles. The van der Waals surface area contributed by atoms with E-state index in [1.807, 2.05) is 18.2 Å². The van der Waals surface area contributed by atoms with Gasteiger partial charge in [0.15, 0.2) is 0 Å². The van der Waals surface area contributed by atoms with Crippen LogP contribution in [0.3, 0.4) is 0 Å². The quantitative estimate of drug-likeness (QED) is 0.862. The fraction of sp³-hybridized carbons (Fsp3) is 0.579. The topological polar surface area (TPSA) is 61.4 Å². The number of anilines is 2. The van der Waals surface area contributed by atoms with E-state index in [1.54, 1.807) is 11.8 Å². The van der Waals surface area contributed by atoms with Crippen molar-refractivity contribution in [3.63, 3.8) is 0 Å². The number of hydrogen-bond acceptors (Lipinski definition) is 3. The van der Waals surface area contributed by atoms with Crippen LogP contribution in [0.2, 0.25) is 0 Å². The van der Waals surface area contributed by atoms with Crippen LogP contribution in [-0.4, -0.2) is 31.4 Å². The number of nitrogens with zero attached hydrogens (tertiary/aromatic N) is 1. The van der Waals surface area contributed by atoms with Crippen molar-refractivity contribution in [1.29, 1.82) is 0 Å². The predicted molar refractivity (Wildman–Crippen MR) is 103 cm³/mol. The number of carbonyl (C=O) groups excluding carboxylic acids is 2. The number of nitrogens with one attached hydrogen (secondary N) is 2. The lowest BCUT2D eigenvalue weighted by Crippen LogP contribution is -2.34. The normalized spacial score (nSPS) is 20.4. The van der Waals surface area contributed by atoms with Gasteiger partial charge in [-0.3, -0.25) is 9.59 Å². The highest BCUT2D eigenvalue weighted by Crippen LogP contribution is 2.31. The third-order valence-corrected chi connectivity index (χ3v) is 5.29.